The minimum atomic E-state index is -0.201. The Kier molecular flexibility index (Phi) is 3.26. The standard InChI is InChI=1S/C11H14BrN5/c1-6-4-9(12)5-7(2)10(6)17-11(8(3)13)14-15-16-17/h4-5,8H,13H2,1-3H3. The summed E-state index contributed by atoms with van der Waals surface area (Å²) in [6, 6.07) is 3.87. The zero-order valence-corrected chi connectivity index (χ0v) is 11.6. The average Bonchev–Trinajstić information content (AvgIpc) is 2.64. The molecule has 1 aromatic heterocycles. The molecule has 0 radical (unpaired) electrons. The van der Waals surface area contributed by atoms with Crippen LogP contribution in [0, 0.1) is 13.8 Å². The van der Waals surface area contributed by atoms with Crippen molar-refractivity contribution in [3.63, 3.8) is 0 Å². The van der Waals surface area contributed by atoms with Crippen LogP contribution < -0.4 is 5.73 Å². The number of aryl methyl sites for hydroxylation is 2. The minimum absolute atomic E-state index is 0.201. The molecule has 2 N–H and O–H groups in total. The molecule has 2 rings (SSSR count). The smallest absolute Gasteiger partial charge is 0.173 e. The predicted molar refractivity (Wildman–Crippen MR) is 68.9 cm³/mol. The first kappa shape index (κ1) is 12.2. The molecule has 6 heteroatoms. The van der Waals surface area contributed by atoms with Gasteiger partial charge in [-0.3, -0.25) is 0 Å². The fourth-order valence-corrected chi connectivity index (χ4v) is 2.56. The number of nitrogens with two attached hydrogens (primary N) is 1. The van der Waals surface area contributed by atoms with Gasteiger partial charge in [-0.2, -0.15) is 4.68 Å². The van der Waals surface area contributed by atoms with E-state index in [1.54, 1.807) is 4.68 Å². The average molecular weight is 296 g/mol. The molecule has 0 aliphatic carbocycles. The molecule has 1 unspecified atom stereocenters. The number of rotatable bonds is 2. The fraction of sp³-hybridized carbons (Fsp3) is 0.364. The van der Waals surface area contributed by atoms with E-state index in [1.165, 1.54) is 0 Å². The molecular weight excluding hydrogens is 282 g/mol. The molecular formula is C11H14BrN5. The van der Waals surface area contributed by atoms with Crippen LogP contribution in [-0.2, 0) is 0 Å². The van der Waals surface area contributed by atoms with Gasteiger partial charge in [0, 0.05) is 4.47 Å². The highest BCUT2D eigenvalue weighted by molar-refractivity contribution is 9.10. The molecule has 1 atom stereocenters. The van der Waals surface area contributed by atoms with Gasteiger partial charge < -0.3 is 5.73 Å². The van der Waals surface area contributed by atoms with Gasteiger partial charge in [0.1, 0.15) is 0 Å². The predicted octanol–water partition coefficient (Wildman–Crippen LogP) is 2.06. The minimum Gasteiger partial charge on any atom is -0.321 e. The van der Waals surface area contributed by atoms with Crippen LogP contribution in [0.25, 0.3) is 5.69 Å². The van der Waals surface area contributed by atoms with E-state index in [4.69, 9.17) is 5.73 Å². The third-order valence-corrected chi connectivity index (χ3v) is 3.03. The van der Waals surface area contributed by atoms with E-state index in [1.807, 2.05) is 32.9 Å². The Bertz CT molecular complexity index is 524. The van der Waals surface area contributed by atoms with Gasteiger partial charge in [-0.1, -0.05) is 15.9 Å². The molecule has 5 nitrogen and oxygen atoms in total. The van der Waals surface area contributed by atoms with Crippen molar-refractivity contribution in [2.24, 2.45) is 5.73 Å². The van der Waals surface area contributed by atoms with Crippen LogP contribution in [-0.4, -0.2) is 20.2 Å². The summed E-state index contributed by atoms with van der Waals surface area (Å²) >= 11 is 3.47. The van der Waals surface area contributed by atoms with E-state index in [0.717, 1.165) is 21.3 Å². The monoisotopic (exact) mass is 295 g/mol. The molecule has 17 heavy (non-hydrogen) atoms. The van der Waals surface area contributed by atoms with Crippen molar-refractivity contribution < 1.29 is 0 Å². The quantitative estimate of drug-likeness (QED) is 0.921. The number of tetrazole rings is 1. The molecule has 0 bridgehead atoms. The van der Waals surface area contributed by atoms with E-state index < -0.39 is 0 Å². The molecule has 2 aromatic rings. The fourth-order valence-electron chi connectivity index (χ4n) is 1.87. The summed E-state index contributed by atoms with van der Waals surface area (Å²) in [6.45, 7) is 5.92. The van der Waals surface area contributed by atoms with Crippen molar-refractivity contribution in [3.8, 4) is 5.69 Å². The van der Waals surface area contributed by atoms with Crippen molar-refractivity contribution >= 4 is 15.9 Å². The second-order valence-electron chi connectivity index (χ2n) is 4.13. The summed E-state index contributed by atoms with van der Waals surface area (Å²) < 4.78 is 2.76. The topological polar surface area (TPSA) is 69.6 Å². The number of nitrogens with zero attached hydrogens (tertiary/aromatic N) is 4. The summed E-state index contributed by atoms with van der Waals surface area (Å²) in [6.07, 6.45) is 0. The van der Waals surface area contributed by atoms with Crippen LogP contribution in [0.15, 0.2) is 16.6 Å². The number of hydrogen-bond acceptors (Lipinski definition) is 4. The lowest BCUT2D eigenvalue weighted by Gasteiger charge is -2.13. The number of halogens is 1. The highest BCUT2D eigenvalue weighted by Crippen LogP contribution is 2.24. The maximum atomic E-state index is 5.85. The number of benzene rings is 1. The molecule has 0 spiro atoms. The second-order valence-corrected chi connectivity index (χ2v) is 5.04. The first-order chi connectivity index (χ1) is 8.00. The molecule has 0 aliphatic rings. The lowest BCUT2D eigenvalue weighted by Crippen LogP contribution is -2.14. The second kappa shape index (κ2) is 4.54. The molecule has 0 amide bonds. The van der Waals surface area contributed by atoms with Crippen LogP contribution in [0.3, 0.4) is 0 Å². The van der Waals surface area contributed by atoms with Gasteiger partial charge >= 0.3 is 0 Å². The zero-order chi connectivity index (χ0) is 12.6. The Labute approximate surface area is 108 Å². The van der Waals surface area contributed by atoms with Crippen molar-refractivity contribution in [2.75, 3.05) is 0 Å². The van der Waals surface area contributed by atoms with Crippen LogP contribution in [0.5, 0.6) is 0 Å². The molecule has 0 saturated carbocycles. The highest BCUT2D eigenvalue weighted by Gasteiger charge is 2.15. The Morgan fingerprint density at radius 3 is 2.41 bits per heavy atom. The van der Waals surface area contributed by atoms with Crippen molar-refractivity contribution in [1.29, 1.82) is 0 Å². The summed E-state index contributed by atoms with van der Waals surface area (Å²) in [7, 11) is 0. The largest absolute Gasteiger partial charge is 0.321 e. The normalized spacial score (nSPS) is 12.8. The van der Waals surface area contributed by atoms with Gasteiger partial charge in [0.2, 0.25) is 0 Å². The molecule has 1 heterocycles. The van der Waals surface area contributed by atoms with Crippen LogP contribution >= 0.6 is 15.9 Å². The van der Waals surface area contributed by atoms with Crippen molar-refractivity contribution in [3.05, 3.63) is 33.6 Å². The number of aromatic nitrogens is 4. The molecule has 0 saturated heterocycles. The van der Waals surface area contributed by atoms with Gasteiger partial charge in [-0.05, 0) is 54.5 Å². The summed E-state index contributed by atoms with van der Waals surface area (Å²) in [4.78, 5) is 0. The molecule has 0 fully saturated rings. The van der Waals surface area contributed by atoms with E-state index in [-0.39, 0.29) is 6.04 Å². The highest BCUT2D eigenvalue weighted by atomic mass is 79.9. The zero-order valence-electron chi connectivity index (χ0n) is 9.98. The van der Waals surface area contributed by atoms with Gasteiger partial charge in [-0.25, -0.2) is 0 Å². The van der Waals surface area contributed by atoms with E-state index >= 15 is 0 Å². The Morgan fingerprint density at radius 1 is 1.29 bits per heavy atom. The van der Waals surface area contributed by atoms with E-state index in [2.05, 4.69) is 31.5 Å². The maximum absolute atomic E-state index is 5.85. The summed E-state index contributed by atoms with van der Waals surface area (Å²) in [5, 5.41) is 11.7. The van der Waals surface area contributed by atoms with E-state index in [9.17, 15) is 0 Å². The SMILES string of the molecule is Cc1cc(Br)cc(C)c1-n1nnnc1C(C)N. The summed E-state index contributed by atoms with van der Waals surface area (Å²) in [5.41, 5.74) is 9.05. The number of hydrogen-bond donors (Lipinski definition) is 1. The Morgan fingerprint density at radius 2 is 1.88 bits per heavy atom. The van der Waals surface area contributed by atoms with Crippen LogP contribution in [0.1, 0.15) is 29.9 Å². The first-order valence-corrected chi connectivity index (χ1v) is 6.11. The molecule has 0 aliphatic heterocycles. The van der Waals surface area contributed by atoms with Crippen molar-refractivity contribution in [2.45, 2.75) is 26.8 Å². The van der Waals surface area contributed by atoms with Crippen LogP contribution in [0.2, 0.25) is 0 Å². The lowest BCUT2D eigenvalue weighted by molar-refractivity contribution is 0.684. The Balaban J connectivity index is 2.64. The van der Waals surface area contributed by atoms with Gasteiger partial charge in [-0.15, -0.1) is 5.10 Å². The van der Waals surface area contributed by atoms with Crippen molar-refractivity contribution in [1.82, 2.24) is 20.2 Å². The van der Waals surface area contributed by atoms with Gasteiger partial charge in [0.25, 0.3) is 0 Å². The third kappa shape index (κ3) is 2.23. The van der Waals surface area contributed by atoms with Gasteiger partial charge in [0.15, 0.2) is 5.82 Å². The summed E-state index contributed by atoms with van der Waals surface area (Å²) in [5.74, 6) is 0.665. The van der Waals surface area contributed by atoms with Crippen LogP contribution in [0.4, 0.5) is 0 Å². The molecule has 90 valence electrons. The van der Waals surface area contributed by atoms with Gasteiger partial charge in [0.05, 0.1) is 11.7 Å². The third-order valence-electron chi connectivity index (χ3n) is 2.57. The van der Waals surface area contributed by atoms with E-state index in [0.29, 0.717) is 5.82 Å². The lowest BCUT2D eigenvalue weighted by atomic mass is 10.1. The molecule has 1 aromatic carbocycles. The Hall–Kier alpha value is -1.27. The maximum Gasteiger partial charge on any atom is 0.173 e. The first-order valence-electron chi connectivity index (χ1n) is 5.31.